The molecule has 1 fully saturated rings. The molecule has 1 aliphatic carbocycles. The van der Waals surface area contributed by atoms with Crippen LogP contribution in [0.1, 0.15) is 41.6 Å². The van der Waals surface area contributed by atoms with Gasteiger partial charge in [-0.05, 0) is 49.4 Å². The third kappa shape index (κ3) is 1.89. The lowest BCUT2D eigenvalue weighted by atomic mass is 10.1. The molecule has 2 heterocycles. The number of hydrogen-bond acceptors (Lipinski definition) is 5. The van der Waals surface area contributed by atoms with E-state index in [2.05, 4.69) is 4.98 Å². The number of aromatic nitrogens is 1. The van der Waals surface area contributed by atoms with E-state index in [-0.39, 0.29) is 28.3 Å². The van der Waals surface area contributed by atoms with Gasteiger partial charge in [0.15, 0.2) is 5.78 Å². The number of ketones is 1. The van der Waals surface area contributed by atoms with Gasteiger partial charge in [0.25, 0.3) is 0 Å². The van der Waals surface area contributed by atoms with Crippen LogP contribution in [-0.2, 0) is 0 Å². The first-order valence-electron chi connectivity index (χ1n) is 7.22. The second-order valence-corrected chi connectivity index (χ2v) is 5.79. The van der Waals surface area contributed by atoms with Crippen molar-refractivity contribution in [2.24, 2.45) is 0 Å². The molecule has 0 unspecified atom stereocenters. The first kappa shape index (κ1) is 13.0. The zero-order valence-corrected chi connectivity index (χ0v) is 12.1. The van der Waals surface area contributed by atoms with Gasteiger partial charge in [-0.3, -0.25) is 9.59 Å². The van der Waals surface area contributed by atoms with Crippen molar-refractivity contribution in [3.05, 3.63) is 45.6 Å². The lowest BCUT2D eigenvalue weighted by Gasteiger charge is -2.06. The molecule has 1 saturated carbocycles. The summed E-state index contributed by atoms with van der Waals surface area (Å²) in [6.45, 7) is 1.40. The molecule has 0 bridgehead atoms. The van der Waals surface area contributed by atoms with Crippen LogP contribution in [0.3, 0.4) is 0 Å². The average Bonchev–Trinajstić information content (AvgIpc) is 3.31. The van der Waals surface area contributed by atoms with Gasteiger partial charge in [0.2, 0.25) is 11.1 Å². The van der Waals surface area contributed by atoms with Crippen LogP contribution in [0, 0.1) is 0 Å². The maximum absolute atomic E-state index is 12.7. The minimum Gasteiger partial charge on any atom is -0.437 e. The Morgan fingerprint density at radius 3 is 2.73 bits per heavy atom. The van der Waals surface area contributed by atoms with E-state index >= 15 is 0 Å². The average molecular weight is 294 g/mol. The van der Waals surface area contributed by atoms with Gasteiger partial charge in [0, 0.05) is 0 Å². The highest BCUT2D eigenvalue weighted by Gasteiger charge is 2.24. The van der Waals surface area contributed by atoms with Crippen LogP contribution in [-0.4, -0.2) is 10.8 Å². The molecule has 2 N–H and O–H groups in total. The van der Waals surface area contributed by atoms with Crippen LogP contribution in [0.5, 0.6) is 0 Å². The Balaban J connectivity index is 2.07. The SMILES string of the molecule is CC(=O)c1cc2c(=O)c3cc(C4CC4)ccc3oc2nc1N. The van der Waals surface area contributed by atoms with Crippen molar-refractivity contribution >= 4 is 33.7 Å². The summed E-state index contributed by atoms with van der Waals surface area (Å²) in [4.78, 5) is 28.4. The molecule has 0 aliphatic heterocycles. The largest absolute Gasteiger partial charge is 0.437 e. The molecule has 0 radical (unpaired) electrons. The Morgan fingerprint density at radius 2 is 2.05 bits per heavy atom. The van der Waals surface area contributed by atoms with Crippen LogP contribution >= 0.6 is 0 Å². The Morgan fingerprint density at radius 1 is 1.27 bits per heavy atom. The summed E-state index contributed by atoms with van der Waals surface area (Å²) in [5.74, 6) is 0.409. The fourth-order valence-electron chi connectivity index (χ4n) is 2.77. The van der Waals surface area contributed by atoms with E-state index in [1.54, 1.807) is 6.07 Å². The van der Waals surface area contributed by atoms with Gasteiger partial charge in [-0.15, -0.1) is 0 Å². The monoisotopic (exact) mass is 294 g/mol. The fourth-order valence-corrected chi connectivity index (χ4v) is 2.77. The maximum Gasteiger partial charge on any atom is 0.232 e. The van der Waals surface area contributed by atoms with Crippen LogP contribution < -0.4 is 11.2 Å². The second kappa shape index (κ2) is 4.40. The number of anilines is 1. The normalized spacial score (nSPS) is 14.6. The standard InChI is InChI=1S/C17H14N2O3/c1-8(20)11-7-13-15(21)12-6-10(9-2-3-9)4-5-14(12)22-17(13)19-16(11)18/h4-7,9H,2-3H2,1H3,(H2,18,19). The predicted molar refractivity (Wildman–Crippen MR) is 84.2 cm³/mol. The first-order valence-corrected chi connectivity index (χ1v) is 7.22. The third-order valence-corrected chi connectivity index (χ3v) is 4.14. The van der Waals surface area contributed by atoms with Gasteiger partial charge in [-0.1, -0.05) is 6.07 Å². The summed E-state index contributed by atoms with van der Waals surface area (Å²) in [6, 6.07) is 7.17. The van der Waals surface area contributed by atoms with Crippen molar-refractivity contribution in [2.45, 2.75) is 25.7 Å². The van der Waals surface area contributed by atoms with Crippen molar-refractivity contribution in [1.29, 1.82) is 0 Å². The molecule has 110 valence electrons. The first-order chi connectivity index (χ1) is 10.5. The number of rotatable bonds is 2. The molecule has 1 aliphatic rings. The Hall–Kier alpha value is -2.69. The van der Waals surface area contributed by atoms with Gasteiger partial charge in [0.1, 0.15) is 11.4 Å². The Bertz CT molecular complexity index is 1000. The summed E-state index contributed by atoms with van der Waals surface area (Å²) in [7, 11) is 0. The number of Topliss-reactive ketones (excluding diaryl/α,β-unsaturated/α-hetero) is 1. The molecule has 5 nitrogen and oxygen atoms in total. The van der Waals surface area contributed by atoms with Gasteiger partial charge < -0.3 is 10.2 Å². The number of fused-ring (bicyclic) bond motifs is 2. The molecule has 22 heavy (non-hydrogen) atoms. The van der Waals surface area contributed by atoms with Gasteiger partial charge >= 0.3 is 0 Å². The smallest absolute Gasteiger partial charge is 0.232 e. The topological polar surface area (TPSA) is 86.2 Å². The van der Waals surface area contributed by atoms with Crippen molar-refractivity contribution in [2.75, 3.05) is 5.73 Å². The summed E-state index contributed by atoms with van der Waals surface area (Å²) in [5, 5.41) is 0.817. The summed E-state index contributed by atoms with van der Waals surface area (Å²) < 4.78 is 5.70. The number of nitrogen functional groups attached to an aromatic ring is 1. The number of carbonyl (C=O) groups excluding carboxylic acids is 1. The minimum absolute atomic E-state index is 0.0806. The number of carbonyl (C=O) groups is 1. The molecule has 0 spiro atoms. The zero-order valence-electron chi connectivity index (χ0n) is 12.1. The maximum atomic E-state index is 12.7. The fraction of sp³-hybridized carbons (Fsp3) is 0.235. The lowest BCUT2D eigenvalue weighted by molar-refractivity contribution is 0.101. The van der Waals surface area contributed by atoms with E-state index in [1.807, 2.05) is 12.1 Å². The molecule has 4 rings (SSSR count). The molecule has 1 aromatic carbocycles. The highest BCUT2D eigenvalue weighted by atomic mass is 16.3. The summed E-state index contributed by atoms with van der Waals surface area (Å²) in [6.07, 6.45) is 2.33. The van der Waals surface area contributed by atoms with Crippen molar-refractivity contribution < 1.29 is 9.21 Å². The van der Waals surface area contributed by atoms with E-state index in [0.29, 0.717) is 22.3 Å². The lowest BCUT2D eigenvalue weighted by Crippen LogP contribution is -2.08. The van der Waals surface area contributed by atoms with Crippen molar-refractivity contribution in [1.82, 2.24) is 4.98 Å². The third-order valence-electron chi connectivity index (χ3n) is 4.14. The Kier molecular flexibility index (Phi) is 2.60. The number of hydrogen-bond donors (Lipinski definition) is 1. The van der Waals surface area contributed by atoms with E-state index < -0.39 is 0 Å². The van der Waals surface area contributed by atoms with Crippen molar-refractivity contribution in [3.63, 3.8) is 0 Å². The molecule has 0 amide bonds. The predicted octanol–water partition coefficient (Wildman–Crippen LogP) is 3.00. The quantitative estimate of drug-likeness (QED) is 0.580. The summed E-state index contributed by atoms with van der Waals surface area (Å²) >= 11 is 0. The van der Waals surface area contributed by atoms with E-state index in [0.717, 1.165) is 18.4 Å². The number of benzene rings is 1. The minimum atomic E-state index is -0.224. The highest BCUT2D eigenvalue weighted by Crippen LogP contribution is 2.40. The molecular formula is C17H14N2O3. The molecule has 2 aromatic heterocycles. The second-order valence-electron chi connectivity index (χ2n) is 5.79. The van der Waals surface area contributed by atoms with Crippen LogP contribution in [0.2, 0.25) is 0 Å². The van der Waals surface area contributed by atoms with Gasteiger partial charge in [0.05, 0.1) is 16.3 Å². The van der Waals surface area contributed by atoms with Crippen molar-refractivity contribution in [3.8, 4) is 0 Å². The number of nitrogens with zero attached hydrogens (tertiary/aromatic N) is 1. The highest BCUT2D eigenvalue weighted by molar-refractivity contribution is 6.02. The van der Waals surface area contributed by atoms with Crippen LogP contribution in [0.4, 0.5) is 5.82 Å². The molecule has 0 atom stereocenters. The molecule has 5 heteroatoms. The molecule has 3 aromatic rings. The van der Waals surface area contributed by atoms with Gasteiger partial charge in [-0.25, -0.2) is 0 Å². The summed E-state index contributed by atoms with van der Waals surface area (Å²) in [5.41, 5.74) is 7.65. The van der Waals surface area contributed by atoms with E-state index in [9.17, 15) is 9.59 Å². The molecular weight excluding hydrogens is 280 g/mol. The van der Waals surface area contributed by atoms with Crippen LogP contribution in [0.25, 0.3) is 22.1 Å². The number of nitrogens with two attached hydrogens (primary N) is 1. The van der Waals surface area contributed by atoms with E-state index in [4.69, 9.17) is 10.2 Å². The Labute approximate surface area is 125 Å². The molecule has 0 saturated heterocycles. The zero-order chi connectivity index (χ0) is 15.4. The van der Waals surface area contributed by atoms with E-state index in [1.165, 1.54) is 13.0 Å². The van der Waals surface area contributed by atoms with Gasteiger partial charge in [-0.2, -0.15) is 4.98 Å². The van der Waals surface area contributed by atoms with Crippen LogP contribution in [0.15, 0.2) is 33.5 Å². The number of pyridine rings is 1.